The summed E-state index contributed by atoms with van der Waals surface area (Å²) in [5.74, 6) is 0.471. The van der Waals surface area contributed by atoms with E-state index in [-0.39, 0.29) is 24.7 Å². The summed E-state index contributed by atoms with van der Waals surface area (Å²) in [5, 5.41) is 9.16. The van der Waals surface area contributed by atoms with Gasteiger partial charge in [0.2, 0.25) is 0 Å². The van der Waals surface area contributed by atoms with Crippen LogP contribution in [0.25, 0.3) is 0 Å². The quantitative estimate of drug-likeness (QED) is 0.883. The Hall–Kier alpha value is -1.59. The second kappa shape index (κ2) is 6.04. The number of nitrogens with zero attached hydrogens (tertiary/aromatic N) is 1. The molecule has 2 unspecified atom stereocenters. The molecule has 2 atom stereocenters. The molecule has 5 nitrogen and oxygen atoms in total. The molecule has 104 valence electrons. The fraction of sp³-hybridized carbons (Fsp3) is 0.500. The third kappa shape index (κ3) is 2.88. The third-order valence-electron chi connectivity index (χ3n) is 3.31. The number of morpholine rings is 1. The summed E-state index contributed by atoms with van der Waals surface area (Å²) in [4.78, 5) is 14.3. The minimum absolute atomic E-state index is 0.0137. The van der Waals surface area contributed by atoms with Crippen molar-refractivity contribution < 1.29 is 19.4 Å². The molecule has 1 aromatic rings. The summed E-state index contributed by atoms with van der Waals surface area (Å²) in [5.41, 5.74) is 0.537. The number of rotatable bonds is 3. The van der Waals surface area contributed by atoms with Gasteiger partial charge in [0.25, 0.3) is 5.91 Å². The first-order valence-electron chi connectivity index (χ1n) is 6.33. The highest BCUT2D eigenvalue weighted by atomic mass is 16.5. The molecule has 1 aliphatic heterocycles. The van der Waals surface area contributed by atoms with Crippen LogP contribution >= 0.6 is 0 Å². The van der Waals surface area contributed by atoms with Crippen LogP contribution in [0.3, 0.4) is 0 Å². The first kappa shape index (κ1) is 13.8. The van der Waals surface area contributed by atoms with Gasteiger partial charge in [-0.05, 0) is 19.1 Å². The van der Waals surface area contributed by atoms with Gasteiger partial charge >= 0.3 is 0 Å². The molecular formula is C14H19NO4. The SMILES string of the molecule is COc1ccccc1C(=O)N1CC(CO)OCC1C. The third-order valence-corrected chi connectivity index (χ3v) is 3.31. The molecule has 0 saturated carbocycles. The number of carbonyl (C=O) groups is 1. The number of aliphatic hydroxyl groups is 1. The monoisotopic (exact) mass is 265 g/mol. The molecule has 1 saturated heterocycles. The topological polar surface area (TPSA) is 59.0 Å². The summed E-state index contributed by atoms with van der Waals surface area (Å²) in [6, 6.07) is 7.14. The molecule has 1 fully saturated rings. The second-order valence-electron chi connectivity index (χ2n) is 4.64. The van der Waals surface area contributed by atoms with E-state index in [2.05, 4.69) is 0 Å². The van der Waals surface area contributed by atoms with E-state index in [1.165, 1.54) is 0 Å². The van der Waals surface area contributed by atoms with Crippen molar-refractivity contribution in [2.45, 2.75) is 19.1 Å². The Morgan fingerprint density at radius 2 is 2.26 bits per heavy atom. The van der Waals surface area contributed by atoms with E-state index in [9.17, 15) is 4.79 Å². The van der Waals surface area contributed by atoms with Gasteiger partial charge in [-0.1, -0.05) is 12.1 Å². The zero-order chi connectivity index (χ0) is 13.8. The van der Waals surface area contributed by atoms with Gasteiger partial charge in [-0.2, -0.15) is 0 Å². The number of amides is 1. The molecule has 0 spiro atoms. The van der Waals surface area contributed by atoms with E-state index < -0.39 is 0 Å². The number of hydrogen-bond acceptors (Lipinski definition) is 4. The summed E-state index contributed by atoms with van der Waals surface area (Å²) >= 11 is 0. The molecule has 19 heavy (non-hydrogen) atoms. The molecular weight excluding hydrogens is 246 g/mol. The zero-order valence-corrected chi connectivity index (χ0v) is 11.2. The minimum Gasteiger partial charge on any atom is -0.496 e. The highest BCUT2D eigenvalue weighted by molar-refractivity contribution is 5.97. The smallest absolute Gasteiger partial charge is 0.258 e. The van der Waals surface area contributed by atoms with Crippen molar-refractivity contribution in [3.63, 3.8) is 0 Å². The fourth-order valence-electron chi connectivity index (χ4n) is 2.19. The average molecular weight is 265 g/mol. The van der Waals surface area contributed by atoms with Crippen LogP contribution in [0.2, 0.25) is 0 Å². The maximum absolute atomic E-state index is 12.6. The van der Waals surface area contributed by atoms with E-state index >= 15 is 0 Å². The maximum Gasteiger partial charge on any atom is 0.258 e. The summed E-state index contributed by atoms with van der Waals surface area (Å²) in [6.07, 6.45) is -0.310. The summed E-state index contributed by atoms with van der Waals surface area (Å²) in [7, 11) is 1.55. The highest BCUT2D eigenvalue weighted by Crippen LogP contribution is 2.22. The molecule has 1 N–H and O–H groups in total. The van der Waals surface area contributed by atoms with Crippen molar-refractivity contribution in [2.24, 2.45) is 0 Å². The number of hydrogen-bond donors (Lipinski definition) is 1. The molecule has 1 amide bonds. The molecule has 5 heteroatoms. The number of benzene rings is 1. The van der Waals surface area contributed by atoms with Crippen molar-refractivity contribution in [3.05, 3.63) is 29.8 Å². The highest BCUT2D eigenvalue weighted by Gasteiger charge is 2.30. The lowest BCUT2D eigenvalue weighted by Crippen LogP contribution is -2.52. The zero-order valence-electron chi connectivity index (χ0n) is 11.2. The molecule has 1 heterocycles. The number of methoxy groups -OCH3 is 1. The molecule has 0 bridgehead atoms. The predicted molar refractivity (Wildman–Crippen MR) is 70.3 cm³/mol. The fourth-order valence-corrected chi connectivity index (χ4v) is 2.19. The van der Waals surface area contributed by atoms with Crippen molar-refractivity contribution in [1.82, 2.24) is 4.90 Å². The molecule has 1 aliphatic rings. The molecule has 0 radical (unpaired) electrons. The van der Waals surface area contributed by atoms with Gasteiger partial charge in [0.1, 0.15) is 5.75 Å². The standard InChI is InChI=1S/C14H19NO4/c1-10-9-19-11(8-16)7-15(10)14(17)12-5-3-4-6-13(12)18-2/h3-6,10-11,16H,7-9H2,1-2H3. The predicted octanol–water partition coefficient (Wildman–Crippen LogP) is 0.917. The maximum atomic E-state index is 12.6. The lowest BCUT2D eigenvalue weighted by Gasteiger charge is -2.37. The Morgan fingerprint density at radius 1 is 1.53 bits per heavy atom. The van der Waals surface area contributed by atoms with Gasteiger partial charge in [-0.3, -0.25) is 4.79 Å². The Morgan fingerprint density at radius 3 is 2.95 bits per heavy atom. The van der Waals surface area contributed by atoms with Gasteiger partial charge in [0.05, 0.1) is 38.0 Å². The van der Waals surface area contributed by atoms with Gasteiger partial charge in [0, 0.05) is 6.54 Å². The molecule has 2 rings (SSSR count). The minimum atomic E-state index is -0.310. The van der Waals surface area contributed by atoms with Crippen LogP contribution in [0.1, 0.15) is 17.3 Å². The van der Waals surface area contributed by atoms with E-state index in [4.69, 9.17) is 14.6 Å². The van der Waals surface area contributed by atoms with Crippen LogP contribution in [0.15, 0.2) is 24.3 Å². The second-order valence-corrected chi connectivity index (χ2v) is 4.64. The summed E-state index contributed by atoms with van der Waals surface area (Å²) in [6.45, 7) is 2.68. The molecule has 0 aliphatic carbocycles. The van der Waals surface area contributed by atoms with Crippen LogP contribution in [0, 0.1) is 0 Å². The number of ether oxygens (including phenoxy) is 2. The van der Waals surface area contributed by atoms with Crippen LogP contribution in [0.4, 0.5) is 0 Å². The normalized spacial score (nSPS) is 23.2. The van der Waals surface area contributed by atoms with Crippen molar-refractivity contribution in [1.29, 1.82) is 0 Å². The first-order valence-corrected chi connectivity index (χ1v) is 6.33. The number of para-hydroxylation sites is 1. The Bertz CT molecular complexity index is 449. The van der Waals surface area contributed by atoms with Gasteiger partial charge in [-0.15, -0.1) is 0 Å². The Kier molecular flexibility index (Phi) is 4.39. The Labute approximate surface area is 112 Å². The first-order chi connectivity index (χ1) is 9.17. The van der Waals surface area contributed by atoms with Crippen LogP contribution in [-0.2, 0) is 4.74 Å². The van der Waals surface area contributed by atoms with Crippen molar-refractivity contribution in [2.75, 3.05) is 26.9 Å². The Balaban J connectivity index is 2.22. The summed E-state index contributed by atoms with van der Waals surface area (Å²) < 4.78 is 10.7. The van der Waals surface area contributed by atoms with Gasteiger partial charge in [0.15, 0.2) is 0 Å². The van der Waals surface area contributed by atoms with Gasteiger partial charge < -0.3 is 19.5 Å². The van der Waals surface area contributed by atoms with E-state index in [1.54, 1.807) is 24.1 Å². The molecule has 1 aromatic carbocycles. The lowest BCUT2D eigenvalue weighted by molar-refractivity contribution is -0.0667. The van der Waals surface area contributed by atoms with E-state index in [0.29, 0.717) is 24.5 Å². The van der Waals surface area contributed by atoms with E-state index in [0.717, 1.165) is 0 Å². The van der Waals surface area contributed by atoms with Gasteiger partial charge in [-0.25, -0.2) is 0 Å². The van der Waals surface area contributed by atoms with Crippen LogP contribution < -0.4 is 4.74 Å². The lowest BCUT2D eigenvalue weighted by atomic mass is 10.1. The average Bonchev–Trinajstić information content (AvgIpc) is 2.47. The largest absolute Gasteiger partial charge is 0.496 e. The van der Waals surface area contributed by atoms with Crippen molar-refractivity contribution in [3.8, 4) is 5.75 Å². The number of aliphatic hydroxyl groups excluding tert-OH is 1. The van der Waals surface area contributed by atoms with Crippen molar-refractivity contribution >= 4 is 5.91 Å². The number of carbonyl (C=O) groups excluding carboxylic acids is 1. The molecule has 0 aromatic heterocycles. The van der Waals surface area contributed by atoms with E-state index in [1.807, 2.05) is 19.1 Å². The van der Waals surface area contributed by atoms with Crippen LogP contribution in [-0.4, -0.2) is 54.9 Å². The van der Waals surface area contributed by atoms with Crippen LogP contribution in [0.5, 0.6) is 5.75 Å².